The van der Waals surface area contributed by atoms with Gasteiger partial charge in [-0.3, -0.25) is 19.2 Å². The molecule has 0 heterocycles. The molecule has 0 fully saturated rings. The normalized spacial score (nSPS) is 10.8. The van der Waals surface area contributed by atoms with Crippen molar-refractivity contribution in [3.05, 3.63) is 137 Å². The highest BCUT2D eigenvalue weighted by atomic mass is 19.1. The van der Waals surface area contributed by atoms with E-state index in [1.807, 2.05) is 30.3 Å². The number of hydrogen-bond acceptors (Lipinski definition) is 9. The highest BCUT2D eigenvalue weighted by molar-refractivity contribution is 6.08. The fourth-order valence-corrected chi connectivity index (χ4v) is 5.20. The third kappa shape index (κ3) is 12.1. The minimum absolute atomic E-state index is 0.0239. The minimum atomic E-state index is -1.23. The zero-order chi connectivity index (χ0) is 41.1. The molecule has 0 aliphatic carbocycles. The number of carboxylic acids is 1. The van der Waals surface area contributed by atoms with E-state index in [1.165, 1.54) is 79.7 Å². The van der Waals surface area contributed by atoms with E-state index in [4.69, 9.17) is 18.9 Å². The second kappa shape index (κ2) is 18.4. The lowest BCUT2D eigenvalue weighted by Crippen LogP contribution is -2.25. The van der Waals surface area contributed by atoms with Crippen LogP contribution in [0.15, 0.2) is 109 Å². The van der Waals surface area contributed by atoms with Gasteiger partial charge in [-0.05, 0) is 105 Å². The number of carboxylic acid groups (broad SMARTS) is 1. The molecule has 0 aromatic heterocycles. The van der Waals surface area contributed by atoms with E-state index in [1.54, 1.807) is 26.8 Å². The Morgan fingerprint density at radius 3 is 1.74 bits per heavy atom. The van der Waals surface area contributed by atoms with E-state index in [0.717, 1.165) is 5.56 Å². The summed E-state index contributed by atoms with van der Waals surface area (Å²) in [6, 6.07) is 27.0. The van der Waals surface area contributed by atoms with Gasteiger partial charge in [0.25, 0.3) is 11.8 Å². The smallest absolute Gasteiger partial charge is 0.335 e. The average molecular weight is 778 g/mol. The first kappa shape index (κ1) is 41.0. The SMILES string of the molecule is CC(=O)Nc1ccc(C(=O)Nc2ccc(C(=O)Nc3ccc(C(=O)O)cc3Oc3ccc(F)cc3)cc2OCCC(=O)OC(C)(C)C)cc1OCc1ccccc1. The summed E-state index contributed by atoms with van der Waals surface area (Å²) in [5.74, 6) is -3.38. The van der Waals surface area contributed by atoms with E-state index < -0.39 is 35.2 Å². The molecule has 0 saturated carbocycles. The Morgan fingerprint density at radius 2 is 1.18 bits per heavy atom. The van der Waals surface area contributed by atoms with E-state index in [-0.39, 0.29) is 76.6 Å². The van der Waals surface area contributed by atoms with Crippen LogP contribution < -0.4 is 30.2 Å². The fraction of sp³-hybridized carbons (Fsp3) is 0.186. The number of benzene rings is 5. The first-order valence-electron chi connectivity index (χ1n) is 17.6. The Morgan fingerprint density at radius 1 is 0.649 bits per heavy atom. The molecule has 57 heavy (non-hydrogen) atoms. The van der Waals surface area contributed by atoms with Gasteiger partial charge < -0.3 is 40.0 Å². The van der Waals surface area contributed by atoms with Crippen molar-refractivity contribution in [1.29, 1.82) is 0 Å². The molecular formula is C43H40FN3O10. The number of carbonyl (C=O) groups is 5. The number of anilines is 3. The molecule has 0 atom stereocenters. The molecule has 0 spiro atoms. The van der Waals surface area contributed by atoms with Gasteiger partial charge in [-0.25, -0.2) is 9.18 Å². The van der Waals surface area contributed by atoms with Crippen molar-refractivity contribution < 1.29 is 52.4 Å². The van der Waals surface area contributed by atoms with Crippen LogP contribution in [0.2, 0.25) is 0 Å². The summed E-state index contributed by atoms with van der Waals surface area (Å²) in [5.41, 5.74) is 0.878. The molecule has 294 valence electrons. The number of rotatable bonds is 15. The first-order valence-corrected chi connectivity index (χ1v) is 17.6. The van der Waals surface area contributed by atoms with E-state index >= 15 is 0 Å². The summed E-state index contributed by atoms with van der Waals surface area (Å²) in [5, 5.41) is 17.7. The molecule has 13 nitrogen and oxygen atoms in total. The van der Waals surface area contributed by atoms with Gasteiger partial charge in [-0.2, -0.15) is 0 Å². The minimum Gasteiger partial charge on any atom is -0.491 e. The second-order valence-electron chi connectivity index (χ2n) is 13.5. The third-order valence-corrected chi connectivity index (χ3v) is 7.79. The molecule has 0 saturated heterocycles. The van der Waals surface area contributed by atoms with Crippen LogP contribution in [0, 0.1) is 5.82 Å². The summed E-state index contributed by atoms with van der Waals surface area (Å²) in [6.45, 7) is 6.54. The maximum absolute atomic E-state index is 13.7. The third-order valence-electron chi connectivity index (χ3n) is 7.79. The van der Waals surface area contributed by atoms with Crippen molar-refractivity contribution in [1.82, 2.24) is 0 Å². The summed E-state index contributed by atoms with van der Waals surface area (Å²) < 4.78 is 36.6. The Labute approximate surface area is 327 Å². The van der Waals surface area contributed by atoms with Crippen LogP contribution >= 0.6 is 0 Å². The van der Waals surface area contributed by atoms with Gasteiger partial charge in [0.15, 0.2) is 5.75 Å². The van der Waals surface area contributed by atoms with Crippen LogP contribution in [-0.4, -0.2) is 47.0 Å². The van der Waals surface area contributed by atoms with E-state index in [2.05, 4.69) is 16.0 Å². The zero-order valence-corrected chi connectivity index (χ0v) is 31.5. The van der Waals surface area contributed by atoms with Gasteiger partial charge in [0.05, 0.1) is 35.7 Å². The molecule has 14 heteroatoms. The Balaban J connectivity index is 1.41. The van der Waals surface area contributed by atoms with Crippen LogP contribution in [-0.2, 0) is 20.9 Å². The Bertz CT molecular complexity index is 2270. The van der Waals surface area contributed by atoms with Crippen molar-refractivity contribution in [3.63, 3.8) is 0 Å². The van der Waals surface area contributed by atoms with Crippen LogP contribution in [0.3, 0.4) is 0 Å². The molecule has 0 unspecified atom stereocenters. The topological polar surface area (TPSA) is 179 Å². The highest BCUT2D eigenvalue weighted by Crippen LogP contribution is 2.33. The number of carbonyl (C=O) groups excluding carboxylic acids is 4. The monoisotopic (exact) mass is 777 g/mol. The summed E-state index contributed by atoms with van der Waals surface area (Å²) in [6.07, 6.45) is -0.145. The number of nitrogens with one attached hydrogen (secondary N) is 3. The lowest BCUT2D eigenvalue weighted by atomic mass is 10.1. The molecule has 5 rings (SSSR count). The molecule has 0 aliphatic heterocycles. The average Bonchev–Trinajstić information content (AvgIpc) is 3.16. The number of aromatic carboxylic acids is 1. The van der Waals surface area contributed by atoms with Gasteiger partial charge >= 0.3 is 11.9 Å². The number of ether oxygens (including phenoxy) is 4. The van der Waals surface area contributed by atoms with E-state index in [9.17, 15) is 33.5 Å². The maximum Gasteiger partial charge on any atom is 0.335 e. The van der Waals surface area contributed by atoms with Gasteiger partial charge in [0.1, 0.15) is 35.3 Å². The maximum atomic E-state index is 13.7. The molecule has 5 aromatic carbocycles. The summed E-state index contributed by atoms with van der Waals surface area (Å²) >= 11 is 0. The van der Waals surface area contributed by atoms with Crippen molar-refractivity contribution in [2.45, 2.75) is 46.3 Å². The summed E-state index contributed by atoms with van der Waals surface area (Å²) in [7, 11) is 0. The first-order chi connectivity index (χ1) is 27.1. The Hall–Kier alpha value is -7.22. The predicted octanol–water partition coefficient (Wildman–Crippen LogP) is 8.47. The standard InChI is InChI=1S/C43H40FN3O10/c1-26(48)45-33-17-10-29(23-37(33)55-25-27-8-6-5-7-9-27)40(50)46-34-18-11-28(22-36(34)54-21-20-39(49)57-43(2,3)4)41(51)47-35-19-12-30(42(52)53)24-38(35)56-32-15-13-31(44)14-16-32/h5-19,22-24H,20-21,25H2,1-4H3,(H,45,48)(H,46,50)(H,47,51)(H,52,53). The molecular weight excluding hydrogens is 737 g/mol. The van der Waals surface area contributed by atoms with Gasteiger partial charge in [-0.15, -0.1) is 0 Å². The fourth-order valence-electron chi connectivity index (χ4n) is 5.20. The van der Waals surface area contributed by atoms with Gasteiger partial charge in [-0.1, -0.05) is 30.3 Å². The van der Waals surface area contributed by atoms with Crippen molar-refractivity contribution in [2.24, 2.45) is 0 Å². The molecule has 0 aliphatic rings. The number of halogens is 1. The quantitative estimate of drug-likeness (QED) is 0.0754. The van der Waals surface area contributed by atoms with Crippen LogP contribution in [0.5, 0.6) is 23.0 Å². The largest absolute Gasteiger partial charge is 0.491 e. The number of hydrogen-bond donors (Lipinski definition) is 4. The van der Waals surface area contributed by atoms with Crippen LogP contribution in [0.4, 0.5) is 21.5 Å². The second-order valence-corrected chi connectivity index (χ2v) is 13.5. The number of amides is 3. The molecule has 4 N–H and O–H groups in total. The highest BCUT2D eigenvalue weighted by Gasteiger charge is 2.20. The van der Waals surface area contributed by atoms with Crippen molar-refractivity contribution in [2.75, 3.05) is 22.6 Å². The van der Waals surface area contributed by atoms with Crippen LogP contribution in [0.1, 0.15) is 70.8 Å². The Kier molecular flexibility index (Phi) is 13.2. The molecule has 0 bridgehead atoms. The van der Waals surface area contributed by atoms with Crippen molar-refractivity contribution >= 4 is 46.7 Å². The van der Waals surface area contributed by atoms with E-state index in [0.29, 0.717) is 5.69 Å². The lowest BCUT2D eigenvalue weighted by Gasteiger charge is -2.20. The lowest BCUT2D eigenvalue weighted by molar-refractivity contribution is -0.155. The molecule has 3 amide bonds. The molecule has 5 aromatic rings. The zero-order valence-electron chi connectivity index (χ0n) is 31.5. The summed E-state index contributed by atoms with van der Waals surface area (Å²) in [4.78, 5) is 63.4. The van der Waals surface area contributed by atoms with Crippen molar-refractivity contribution in [3.8, 4) is 23.0 Å². The molecule has 0 radical (unpaired) electrons. The predicted molar refractivity (Wildman–Crippen MR) is 210 cm³/mol. The van der Waals surface area contributed by atoms with Gasteiger partial charge in [0, 0.05) is 18.1 Å². The number of esters is 1. The van der Waals surface area contributed by atoms with Crippen LogP contribution in [0.25, 0.3) is 0 Å². The van der Waals surface area contributed by atoms with Gasteiger partial charge in [0.2, 0.25) is 5.91 Å².